The second-order valence-electron chi connectivity index (χ2n) is 6.38. The van der Waals surface area contributed by atoms with E-state index in [1.165, 1.54) is 17.1 Å². The summed E-state index contributed by atoms with van der Waals surface area (Å²) in [4.78, 5) is 23.0. The molecule has 1 amide bonds. The molecule has 0 radical (unpaired) electrons. The lowest BCUT2D eigenvalue weighted by Crippen LogP contribution is -2.15. The van der Waals surface area contributed by atoms with Crippen molar-refractivity contribution in [3.05, 3.63) is 65.2 Å². The van der Waals surface area contributed by atoms with Crippen molar-refractivity contribution in [2.24, 2.45) is 0 Å². The van der Waals surface area contributed by atoms with E-state index >= 15 is 0 Å². The van der Waals surface area contributed by atoms with Crippen LogP contribution < -0.4 is 5.32 Å². The number of benzene rings is 1. The quantitative estimate of drug-likeness (QED) is 0.668. The van der Waals surface area contributed by atoms with E-state index in [1.807, 2.05) is 48.9 Å². The van der Waals surface area contributed by atoms with Crippen LogP contribution in [-0.2, 0) is 17.9 Å². The maximum atomic E-state index is 12.2. The van der Waals surface area contributed by atoms with Gasteiger partial charge in [0.05, 0.1) is 24.0 Å². The van der Waals surface area contributed by atoms with E-state index in [1.54, 1.807) is 0 Å². The Morgan fingerprint density at radius 3 is 2.70 bits per heavy atom. The number of aryl methyl sites for hydroxylation is 3. The Bertz CT molecular complexity index is 973. The monoisotopic (exact) mass is 367 g/mol. The fourth-order valence-electron chi connectivity index (χ4n) is 2.79. The zero-order valence-corrected chi connectivity index (χ0v) is 15.2. The molecule has 0 spiro atoms. The molecule has 2 N–H and O–H groups in total. The Morgan fingerprint density at radius 1 is 1.22 bits per heavy atom. The Morgan fingerprint density at radius 2 is 2.04 bits per heavy atom. The number of nitrogens with zero attached hydrogens (tertiary/aromatic N) is 4. The van der Waals surface area contributed by atoms with E-state index in [9.17, 15) is 9.59 Å². The molecule has 140 valence electrons. The molecule has 0 aliphatic heterocycles. The second-order valence-corrected chi connectivity index (χ2v) is 6.38. The van der Waals surface area contributed by atoms with Crippen LogP contribution in [0.15, 0.2) is 42.7 Å². The second kappa shape index (κ2) is 7.86. The smallest absolute Gasteiger partial charge is 0.338 e. The van der Waals surface area contributed by atoms with Crippen molar-refractivity contribution in [3.63, 3.8) is 0 Å². The van der Waals surface area contributed by atoms with Crippen molar-refractivity contribution in [1.82, 2.24) is 19.6 Å². The van der Waals surface area contributed by atoms with Crippen LogP contribution in [0.2, 0.25) is 0 Å². The zero-order valence-electron chi connectivity index (χ0n) is 15.2. The van der Waals surface area contributed by atoms with Crippen LogP contribution in [0.3, 0.4) is 0 Å². The average Bonchev–Trinajstić information content (AvgIpc) is 3.20. The van der Waals surface area contributed by atoms with Crippen molar-refractivity contribution in [2.75, 3.05) is 5.32 Å². The van der Waals surface area contributed by atoms with Crippen LogP contribution in [0.4, 0.5) is 5.69 Å². The third-order valence-corrected chi connectivity index (χ3v) is 4.09. The van der Waals surface area contributed by atoms with Gasteiger partial charge in [-0.2, -0.15) is 10.2 Å². The van der Waals surface area contributed by atoms with Crippen LogP contribution in [0.25, 0.3) is 0 Å². The summed E-state index contributed by atoms with van der Waals surface area (Å²) >= 11 is 0. The minimum atomic E-state index is -1.04. The third kappa shape index (κ3) is 4.81. The largest absolute Gasteiger partial charge is 0.478 e. The fourth-order valence-corrected chi connectivity index (χ4v) is 2.79. The molecule has 0 unspecified atom stereocenters. The molecule has 3 aromatic rings. The molecule has 8 heteroatoms. The van der Waals surface area contributed by atoms with E-state index in [0.717, 1.165) is 17.0 Å². The van der Waals surface area contributed by atoms with Crippen molar-refractivity contribution in [1.29, 1.82) is 0 Å². The van der Waals surface area contributed by atoms with E-state index in [2.05, 4.69) is 15.5 Å². The molecular formula is C19H21N5O3. The van der Waals surface area contributed by atoms with E-state index in [0.29, 0.717) is 18.8 Å². The molecule has 8 nitrogen and oxygen atoms in total. The van der Waals surface area contributed by atoms with Gasteiger partial charge in [-0.15, -0.1) is 0 Å². The molecule has 0 atom stereocenters. The molecule has 3 rings (SSSR count). The van der Waals surface area contributed by atoms with Gasteiger partial charge in [-0.25, -0.2) is 4.79 Å². The SMILES string of the molecule is Cc1cc(C)n(Cc2cccc(NC(=O)CCn3cc(C(=O)O)cn3)c2)n1. The van der Waals surface area contributed by atoms with E-state index in [-0.39, 0.29) is 17.9 Å². The van der Waals surface area contributed by atoms with Crippen LogP contribution in [0.5, 0.6) is 0 Å². The lowest BCUT2D eigenvalue weighted by Gasteiger charge is -2.09. The Labute approximate surface area is 156 Å². The van der Waals surface area contributed by atoms with Gasteiger partial charge in [0.15, 0.2) is 0 Å². The molecule has 0 aliphatic carbocycles. The normalized spacial score (nSPS) is 10.7. The number of hydrogen-bond donors (Lipinski definition) is 2. The van der Waals surface area contributed by atoms with E-state index in [4.69, 9.17) is 5.11 Å². The van der Waals surface area contributed by atoms with Crippen LogP contribution in [0.1, 0.15) is 33.7 Å². The number of aromatic nitrogens is 4. The summed E-state index contributed by atoms with van der Waals surface area (Å²) in [6.07, 6.45) is 2.87. The number of aromatic carboxylic acids is 1. The zero-order chi connectivity index (χ0) is 19.4. The number of carbonyl (C=O) groups is 2. The van der Waals surface area contributed by atoms with Crippen molar-refractivity contribution >= 4 is 17.6 Å². The number of carboxylic acid groups (broad SMARTS) is 1. The highest BCUT2D eigenvalue weighted by atomic mass is 16.4. The Balaban J connectivity index is 1.57. The first-order chi connectivity index (χ1) is 12.9. The third-order valence-electron chi connectivity index (χ3n) is 4.09. The molecule has 1 aromatic carbocycles. The first-order valence-corrected chi connectivity index (χ1v) is 8.56. The highest BCUT2D eigenvalue weighted by Crippen LogP contribution is 2.14. The van der Waals surface area contributed by atoms with Crippen molar-refractivity contribution in [3.8, 4) is 0 Å². The molecule has 0 aliphatic rings. The molecule has 27 heavy (non-hydrogen) atoms. The summed E-state index contributed by atoms with van der Waals surface area (Å²) in [7, 11) is 0. The summed E-state index contributed by atoms with van der Waals surface area (Å²) in [6.45, 7) is 4.91. The van der Waals surface area contributed by atoms with Gasteiger partial charge in [0.1, 0.15) is 0 Å². The minimum absolute atomic E-state index is 0.104. The number of carboxylic acids is 1. The van der Waals surface area contributed by atoms with Gasteiger partial charge in [-0.1, -0.05) is 12.1 Å². The van der Waals surface area contributed by atoms with Crippen molar-refractivity contribution < 1.29 is 14.7 Å². The number of hydrogen-bond acceptors (Lipinski definition) is 4. The summed E-state index contributed by atoms with van der Waals surface area (Å²) in [5, 5.41) is 20.1. The number of nitrogens with one attached hydrogen (secondary N) is 1. The van der Waals surface area contributed by atoms with Gasteiger partial charge in [-0.3, -0.25) is 14.2 Å². The number of anilines is 1. The number of amides is 1. The molecular weight excluding hydrogens is 346 g/mol. The Hall–Kier alpha value is -3.42. The average molecular weight is 367 g/mol. The van der Waals surface area contributed by atoms with E-state index < -0.39 is 5.97 Å². The molecule has 2 heterocycles. The lowest BCUT2D eigenvalue weighted by molar-refractivity contribution is -0.116. The maximum absolute atomic E-state index is 12.2. The molecule has 0 bridgehead atoms. The number of rotatable bonds is 7. The predicted molar refractivity (Wildman–Crippen MR) is 99.7 cm³/mol. The molecule has 2 aromatic heterocycles. The fraction of sp³-hybridized carbons (Fsp3) is 0.263. The van der Waals surface area contributed by atoms with Gasteiger partial charge >= 0.3 is 5.97 Å². The standard InChI is InChI=1S/C19H21N5O3/c1-13-8-14(2)24(22-13)11-15-4-3-5-17(9-15)21-18(25)6-7-23-12-16(10-20-23)19(26)27/h3-5,8-10,12H,6-7,11H2,1-2H3,(H,21,25)(H,26,27). The van der Waals surface area contributed by atoms with Gasteiger partial charge in [0.25, 0.3) is 0 Å². The Kier molecular flexibility index (Phi) is 5.35. The lowest BCUT2D eigenvalue weighted by atomic mass is 10.2. The van der Waals surface area contributed by atoms with Gasteiger partial charge in [-0.05, 0) is 37.6 Å². The minimum Gasteiger partial charge on any atom is -0.478 e. The van der Waals surface area contributed by atoms with Crippen LogP contribution in [-0.4, -0.2) is 36.5 Å². The maximum Gasteiger partial charge on any atom is 0.338 e. The number of carbonyl (C=O) groups excluding carboxylic acids is 1. The highest BCUT2D eigenvalue weighted by Gasteiger charge is 2.08. The van der Waals surface area contributed by atoms with Crippen molar-refractivity contribution in [2.45, 2.75) is 33.4 Å². The molecule has 0 saturated carbocycles. The van der Waals surface area contributed by atoms with Crippen LogP contribution in [0, 0.1) is 13.8 Å². The van der Waals surface area contributed by atoms with Gasteiger partial charge < -0.3 is 10.4 Å². The summed E-state index contributed by atoms with van der Waals surface area (Å²) < 4.78 is 3.37. The predicted octanol–water partition coefficient (Wildman–Crippen LogP) is 2.47. The summed E-state index contributed by atoms with van der Waals surface area (Å²) in [5.74, 6) is -1.20. The summed E-state index contributed by atoms with van der Waals surface area (Å²) in [5.41, 5.74) is 3.92. The topological polar surface area (TPSA) is 102 Å². The highest BCUT2D eigenvalue weighted by molar-refractivity contribution is 5.90. The van der Waals surface area contributed by atoms with Gasteiger partial charge in [0, 0.05) is 30.5 Å². The summed E-state index contributed by atoms with van der Waals surface area (Å²) in [6, 6.07) is 9.66. The first kappa shape index (κ1) is 18.4. The molecule has 0 fully saturated rings. The van der Waals surface area contributed by atoms with Crippen LogP contribution >= 0.6 is 0 Å². The first-order valence-electron chi connectivity index (χ1n) is 8.56. The van der Waals surface area contributed by atoms with Gasteiger partial charge in [0.2, 0.25) is 5.91 Å². The molecule has 0 saturated heterocycles.